The topological polar surface area (TPSA) is 60.2 Å². The standard InChI is InChI=1S/C19H18BrClN4O2/c1-12-22-18(23-25(12)16-7-5-15(21)6-8-16)19(26)24(2)11-13-10-14(20)4-9-17(13)27-3/h4-10H,11H2,1-3H3. The normalized spacial score (nSPS) is 10.7. The molecule has 0 saturated heterocycles. The molecular weight excluding hydrogens is 432 g/mol. The van der Waals surface area contributed by atoms with Gasteiger partial charge in [-0.2, -0.15) is 0 Å². The van der Waals surface area contributed by atoms with Gasteiger partial charge in [0.1, 0.15) is 11.6 Å². The van der Waals surface area contributed by atoms with Gasteiger partial charge in [-0.25, -0.2) is 9.67 Å². The highest BCUT2D eigenvalue weighted by molar-refractivity contribution is 9.10. The predicted octanol–water partition coefficient (Wildman–Crippen LogP) is 4.27. The smallest absolute Gasteiger partial charge is 0.293 e. The van der Waals surface area contributed by atoms with Crippen LogP contribution in [0.2, 0.25) is 5.02 Å². The maximum absolute atomic E-state index is 12.8. The van der Waals surface area contributed by atoms with Crippen molar-refractivity contribution in [3.63, 3.8) is 0 Å². The number of carbonyl (C=O) groups is 1. The average molecular weight is 450 g/mol. The van der Waals surface area contributed by atoms with Gasteiger partial charge in [-0.05, 0) is 49.4 Å². The molecule has 0 spiro atoms. The number of hydrogen-bond acceptors (Lipinski definition) is 4. The van der Waals surface area contributed by atoms with E-state index in [4.69, 9.17) is 16.3 Å². The monoisotopic (exact) mass is 448 g/mol. The molecule has 0 aliphatic rings. The number of methoxy groups -OCH3 is 1. The first-order valence-electron chi connectivity index (χ1n) is 8.16. The Hall–Kier alpha value is -2.38. The van der Waals surface area contributed by atoms with Crippen LogP contribution in [0.5, 0.6) is 5.75 Å². The highest BCUT2D eigenvalue weighted by atomic mass is 79.9. The highest BCUT2D eigenvalue weighted by Crippen LogP contribution is 2.24. The lowest BCUT2D eigenvalue weighted by Gasteiger charge is -2.17. The first kappa shape index (κ1) is 19.4. The third-order valence-electron chi connectivity index (χ3n) is 4.03. The summed E-state index contributed by atoms with van der Waals surface area (Å²) in [6.07, 6.45) is 0. The lowest BCUT2D eigenvalue weighted by atomic mass is 10.2. The van der Waals surface area contributed by atoms with E-state index < -0.39 is 0 Å². The third kappa shape index (κ3) is 4.31. The van der Waals surface area contributed by atoms with Crippen molar-refractivity contribution in [2.45, 2.75) is 13.5 Å². The number of aryl methyl sites for hydroxylation is 1. The van der Waals surface area contributed by atoms with Gasteiger partial charge in [-0.3, -0.25) is 4.79 Å². The predicted molar refractivity (Wildman–Crippen MR) is 108 cm³/mol. The van der Waals surface area contributed by atoms with Crippen LogP contribution in [0.1, 0.15) is 22.0 Å². The van der Waals surface area contributed by atoms with Gasteiger partial charge in [0.2, 0.25) is 5.82 Å². The molecule has 1 aromatic heterocycles. The second kappa shape index (κ2) is 8.10. The van der Waals surface area contributed by atoms with E-state index >= 15 is 0 Å². The molecule has 1 heterocycles. The molecule has 0 fully saturated rings. The van der Waals surface area contributed by atoms with Crippen LogP contribution < -0.4 is 4.74 Å². The molecule has 0 aliphatic carbocycles. The van der Waals surface area contributed by atoms with Crippen LogP contribution in [-0.2, 0) is 6.54 Å². The molecular formula is C19H18BrClN4O2. The van der Waals surface area contributed by atoms with Gasteiger partial charge in [0.25, 0.3) is 5.91 Å². The Balaban J connectivity index is 1.83. The number of halogens is 2. The lowest BCUT2D eigenvalue weighted by Crippen LogP contribution is -2.27. The van der Waals surface area contributed by atoms with E-state index in [2.05, 4.69) is 26.0 Å². The Kier molecular flexibility index (Phi) is 5.82. The van der Waals surface area contributed by atoms with Crippen molar-refractivity contribution >= 4 is 33.4 Å². The van der Waals surface area contributed by atoms with Crippen LogP contribution in [0.3, 0.4) is 0 Å². The van der Waals surface area contributed by atoms with Crippen molar-refractivity contribution in [1.29, 1.82) is 0 Å². The van der Waals surface area contributed by atoms with Crippen molar-refractivity contribution in [3.8, 4) is 11.4 Å². The van der Waals surface area contributed by atoms with Crippen LogP contribution in [0.25, 0.3) is 5.69 Å². The Morgan fingerprint density at radius 1 is 1.26 bits per heavy atom. The summed E-state index contributed by atoms with van der Waals surface area (Å²) < 4.78 is 7.91. The summed E-state index contributed by atoms with van der Waals surface area (Å²) in [4.78, 5) is 18.7. The van der Waals surface area contributed by atoms with E-state index in [1.807, 2.05) is 30.3 Å². The summed E-state index contributed by atoms with van der Waals surface area (Å²) in [7, 11) is 3.31. The lowest BCUT2D eigenvalue weighted by molar-refractivity contribution is 0.0772. The Labute approximate surface area is 170 Å². The number of nitrogens with zero attached hydrogens (tertiary/aromatic N) is 4. The van der Waals surface area contributed by atoms with Gasteiger partial charge >= 0.3 is 0 Å². The Morgan fingerprint density at radius 2 is 1.96 bits per heavy atom. The van der Waals surface area contributed by atoms with Crippen LogP contribution in [0.4, 0.5) is 0 Å². The molecule has 0 radical (unpaired) electrons. The molecule has 27 heavy (non-hydrogen) atoms. The number of aromatic nitrogens is 3. The van der Waals surface area contributed by atoms with Crippen molar-refractivity contribution in [1.82, 2.24) is 19.7 Å². The molecule has 0 N–H and O–H groups in total. The molecule has 8 heteroatoms. The molecule has 0 aliphatic heterocycles. The molecule has 3 rings (SSSR count). The number of hydrogen-bond donors (Lipinski definition) is 0. The molecule has 6 nitrogen and oxygen atoms in total. The Bertz CT molecular complexity index is 972. The van der Waals surface area contributed by atoms with Gasteiger partial charge in [-0.1, -0.05) is 27.5 Å². The number of ether oxygens (including phenoxy) is 1. The molecule has 0 atom stereocenters. The summed E-state index contributed by atoms with van der Waals surface area (Å²) >= 11 is 9.37. The maximum atomic E-state index is 12.8. The van der Waals surface area contributed by atoms with E-state index in [0.29, 0.717) is 23.1 Å². The largest absolute Gasteiger partial charge is 0.496 e. The SMILES string of the molecule is COc1ccc(Br)cc1CN(C)C(=O)c1nc(C)n(-c2ccc(Cl)cc2)n1. The van der Waals surface area contributed by atoms with E-state index in [1.165, 1.54) is 0 Å². The van der Waals surface area contributed by atoms with Gasteiger partial charge in [0.05, 0.1) is 12.8 Å². The summed E-state index contributed by atoms with van der Waals surface area (Å²) in [5, 5.41) is 5.00. The zero-order chi connectivity index (χ0) is 19.6. The zero-order valence-electron chi connectivity index (χ0n) is 15.1. The van der Waals surface area contributed by atoms with Gasteiger partial charge in [0.15, 0.2) is 0 Å². The van der Waals surface area contributed by atoms with Gasteiger partial charge in [0, 0.05) is 28.7 Å². The summed E-state index contributed by atoms with van der Waals surface area (Å²) in [6.45, 7) is 2.17. The van der Waals surface area contributed by atoms with E-state index in [9.17, 15) is 4.79 Å². The number of rotatable bonds is 5. The van der Waals surface area contributed by atoms with Gasteiger partial charge < -0.3 is 9.64 Å². The minimum Gasteiger partial charge on any atom is -0.496 e. The third-order valence-corrected chi connectivity index (χ3v) is 4.77. The van der Waals surface area contributed by atoms with Crippen molar-refractivity contribution in [2.24, 2.45) is 0 Å². The number of amides is 1. The summed E-state index contributed by atoms with van der Waals surface area (Å²) in [5.74, 6) is 1.20. The van der Waals surface area contributed by atoms with E-state index in [0.717, 1.165) is 15.7 Å². The first-order valence-corrected chi connectivity index (χ1v) is 9.33. The van der Waals surface area contributed by atoms with Crippen molar-refractivity contribution in [3.05, 3.63) is 69.2 Å². The Morgan fingerprint density at radius 3 is 2.63 bits per heavy atom. The minimum atomic E-state index is -0.271. The highest BCUT2D eigenvalue weighted by Gasteiger charge is 2.20. The van der Waals surface area contributed by atoms with Crippen LogP contribution in [-0.4, -0.2) is 39.7 Å². The fraction of sp³-hybridized carbons (Fsp3) is 0.211. The molecule has 0 bridgehead atoms. The number of benzene rings is 2. The average Bonchev–Trinajstić information content (AvgIpc) is 3.03. The zero-order valence-corrected chi connectivity index (χ0v) is 17.5. The molecule has 140 valence electrons. The van der Waals surface area contributed by atoms with Crippen LogP contribution in [0.15, 0.2) is 46.9 Å². The minimum absolute atomic E-state index is 0.138. The van der Waals surface area contributed by atoms with E-state index in [-0.39, 0.29) is 11.7 Å². The van der Waals surface area contributed by atoms with Crippen LogP contribution in [0, 0.1) is 6.92 Å². The first-order chi connectivity index (χ1) is 12.9. The van der Waals surface area contributed by atoms with Gasteiger partial charge in [-0.15, -0.1) is 5.10 Å². The molecule has 2 aromatic carbocycles. The van der Waals surface area contributed by atoms with E-state index in [1.54, 1.807) is 42.8 Å². The van der Waals surface area contributed by atoms with Crippen molar-refractivity contribution in [2.75, 3.05) is 14.2 Å². The number of carbonyl (C=O) groups excluding carboxylic acids is 1. The molecule has 0 saturated carbocycles. The maximum Gasteiger partial charge on any atom is 0.293 e. The fourth-order valence-electron chi connectivity index (χ4n) is 2.68. The summed E-state index contributed by atoms with van der Waals surface area (Å²) in [5.41, 5.74) is 1.68. The fourth-order valence-corrected chi connectivity index (χ4v) is 3.21. The molecule has 0 unspecified atom stereocenters. The van der Waals surface area contributed by atoms with Crippen LogP contribution >= 0.6 is 27.5 Å². The molecule has 3 aromatic rings. The second-order valence-electron chi connectivity index (χ2n) is 5.99. The van der Waals surface area contributed by atoms with Crippen molar-refractivity contribution < 1.29 is 9.53 Å². The summed E-state index contributed by atoms with van der Waals surface area (Å²) in [6, 6.07) is 12.9. The second-order valence-corrected chi connectivity index (χ2v) is 7.34. The quantitative estimate of drug-likeness (QED) is 0.583. The molecule has 1 amide bonds.